The predicted molar refractivity (Wildman–Crippen MR) is 74.4 cm³/mol. The van der Waals surface area contributed by atoms with Crippen molar-refractivity contribution in [3.8, 4) is 0 Å². The number of nitrogens with one attached hydrogen (secondary N) is 1. The normalized spacial score (nSPS) is 19.0. The van der Waals surface area contributed by atoms with Gasteiger partial charge in [-0.25, -0.2) is 0 Å². The Hall–Kier alpha value is -0.870. The van der Waals surface area contributed by atoms with E-state index >= 15 is 0 Å². The van der Waals surface area contributed by atoms with Crippen LogP contribution in [0.2, 0.25) is 0 Å². The van der Waals surface area contributed by atoms with Crippen LogP contribution in [0.15, 0.2) is 12.4 Å². The summed E-state index contributed by atoms with van der Waals surface area (Å²) in [5.74, 6) is 0.722. The number of hydrogen-bond donors (Lipinski definition) is 1. The number of aromatic nitrogens is 2. The molecule has 0 bridgehead atoms. The Labute approximate surface area is 110 Å². The summed E-state index contributed by atoms with van der Waals surface area (Å²) in [4.78, 5) is 2.61. The van der Waals surface area contributed by atoms with Gasteiger partial charge in [0.25, 0.3) is 0 Å². The third kappa shape index (κ3) is 4.42. The Morgan fingerprint density at radius 3 is 2.78 bits per heavy atom. The lowest BCUT2D eigenvalue weighted by atomic mass is 10.1. The molecule has 4 nitrogen and oxygen atoms in total. The fourth-order valence-electron chi connectivity index (χ4n) is 2.67. The Bertz CT molecular complexity index is 341. The highest BCUT2D eigenvalue weighted by molar-refractivity contribution is 5.02. The molecule has 102 valence electrons. The predicted octanol–water partition coefficient (Wildman–Crippen LogP) is 1.63. The van der Waals surface area contributed by atoms with E-state index in [1.807, 2.05) is 17.9 Å². The maximum atomic E-state index is 4.18. The lowest BCUT2D eigenvalue weighted by Gasteiger charge is -2.29. The minimum atomic E-state index is 0.722. The van der Waals surface area contributed by atoms with Gasteiger partial charge in [-0.1, -0.05) is 13.3 Å². The van der Waals surface area contributed by atoms with Gasteiger partial charge in [-0.2, -0.15) is 5.10 Å². The first kappa shape index (κ1) is 13.6. The van der Waals surface area contributed by atoms with Crippen LogP contribution in [-0.4, -0.2) is 40.9 Å². The number of piperidine rings is 1. The first-order chi connectivity index (χ1) is 8.74. The zero-order chi connectivity index (χ0) is 12.8. The first-order valence-electron chi connectivity index (χ1n) is 7.14. The van der Waals surface area contributed by atoms with E-state index in [-0.39, 0.29) is 0 Å². The molecule has 1 saturated heterocycles. The van der Waals surface area contributed by atoms with Gasteiger partial charge in [0, 0.05) is 31.9 Å². The van der Waals surface area contributed by atoms with Crippen LogP contribution in [0.5, 0.6) is 0 Å². The van der Waals surface area contributed by atoms with Crippen LogP contribution < -0.4 is 5.32 Å². The summed E-state index contributed by atoms with van der Waals surface area (Å²) in [6, 6.07) is 0. The van der Waals surface area contributed by atoms with Gasteiger partial charge in [0.05, 0.1) is 6.20 Å². The van der Waals surface area contributed by atoms with Crippen LogP contribution in [0.25, 0.3) is 0 Å². The van der Waals surface area contributed by atoms with Crippen molar-refractivity contribution in [2.24, 2.45) is 13.0 Å². The highest BCUT2D eigenvalue weighted by Crippen LogP contribution is 2.10. The summed E-state index contributed by atoms with van der Waals surface area (Å²) < 4.78 is 1.86. The van der Waals surface area contributed by atoms with E-state index in [0.29, 0.717) is 0 Å². The van der Waals surface area contributed by atoms with Crippen molar-refractivity contribution < 1.29 is 0 Å². The largest absolute Gasteiger partial charge is 0.312 e. The van der Waals surface area contributed by atoms with Crippen LogP contribution in [0, 0.1) is 5.92 Å². The number of rotatable bonds is 6. The molecule has 0 spiro atoms. The average Bonchev–Trinajstić information content (AvgIpc) is 2.76. The smallest absolute Gasteiger partial charge is 0.0534 e. The molecule has 1 atom stereocenters. The molecule has 0 aromatic carbocycles. The molecular weight excluding hydrogens is 224 g/mol. The number of likely N-dealkylation sites (tertiary alicyclic amines) is 1. The van der Waals surface area contributed by atoms with Gasteiger partial charge in [0.2, 0.25) is 0 Å². The molecule has 2 heterocycles. The third-order valence-electron chi connectivity index (χ3n) is 3.60. The molecule has 0 saturated carbocycles. The van der Waals surface area contributed by atoms with Crippen LogP contribution in [-0.2, 0) is 13.6 Å². The van der Waals surface area contributed by atoms with E-state index in [1.165, 1.54) is 44.5 Å². The van der Waals surface area contributed by atoms with Crippen LogP contribution >= 0.6 is 0 Å². The summed E-state index contributed by atoms with van der Waals surface area (Å²) in [6.07, 6.45) is 8.19. The lowest BCUT2D eigenvalue weighted by molar-refractivity contribution is 0.199. The summed E-state index contributed by atoms with van der Waals surface area (Å²) in [7, 11) is 1.96. The van der Waals surface area contributed by atoms with E-state index in [9.17, 15) is 0 Å². The zero-order valence-corrected chi connectivity index (χ0v) is 11.7. The Balaban J connectivity index is 1.60. The lowest BCUT2D eigenvalue weighted by Crippen LogP contribution is -2.36. The van der Waals surface area contributed by atoms with E-state index in [0.717, 1.165) is 19.0 Å². The number of hydrogen-bond acceptors (Lipinski definition) is 3. The highest BCUT2D eigenvalue weighted by atomic mass is 15.2. The van der Waals surface area contributed by atoms with E-state index in [1.54, 1.807) is 0 Å². The van der Waals surface area contributed by atoms with Gasteiger partial charge in [-0.15, -0.1) is 0 Å². The van der Waals surface area contributed by atoms with Crippen molar-refractivity contribution in [2.75, 3.05) is 26.2 Å². The molecule has 1 aromatic rings. The monoisotopic (exact) mass is 250 g/mol. The van der Waals surface area contributed by atoms with Crippen molar-refractivity contribution in [2.45, 2.75) is 32.7 Å². The number of aryl methyl sites for hydroxylation is 1. The second kappa shape index (κ2) is 6.90. The average molecular weight is 250 g/mol. The molecule has 0 amide bonds. The minimum absolute atomic E-state index is 0.722. The molecule has 1 N–H and O–H groups in total. The molecule has 4 heteroatoms. The van der Waals surface area contributed by atoms with Crippen molar-refractivity contribution >= 4 is 0 Å². The highest BCUT2D eigenvalue weighted by Gasteiger charge is 2.13. The van der Waals surface area contributed by atoms with Gasteiger partial charge in [-0.05, 0) is 38.4 Å². The molecule has 1 aliphatic rings. The van der Waals surface area contributed by atoms with Gasteiger partial charge in [0.15, 0.2) is 0 Å². The van der Waals surface area contributed by atoms with Crippen LogP contribution in [0.3, 0.4) is 0 Å². The molecule has 1 aliphatic heterocycles. The summed E-state index contributed by atoms with van der Waals surface area (Å²) in [5, 5.41) is 7.70. The van der Waals surface area contributed by atoms with Crippen molar-refractivity contribution in [1.29, 1.82) is 0 Å². The fraction of sp³-hybridized carbons (Fsp3) is 0.786. The minimum Gasteiger partial charge on any atom is -0.312 e. The quantitative estimate of drug-likeness (QED) is 0.833. The second-order valence-electron chi connectivity index (χ2n) is 5.62. The first-order valence-corrected chi connectivity index (χ1v) is 7.14. The van der Waals surface area contributed by atoms with Gasteiger partial charge < -0.3 is 10.2 Å². The molecule has 0 radical (unpaired) electrons. The topological polar surface area (TPSA) is 33.1 Å². The molecule has 1 aromatic heterocycles. The Morgan fingerprint density at radius 1 is 1.33 bits per heavy atom. The molecule has 1 fully saturated rings. The van der Waals surface area contributed by atoms with E-state index < -0.39 is 0 Å². The molecule has 1 unspecified atom stereocenters. The standard InChI is InChI=1S/C14H26N4/c1-13(11-18-6-4-3-5-7-18)8-15-9-14-10-16-17(2)12-14/h10,12-13,15H,3-9,11H2,1-2H3. The molecular formula is C14H26N4. The van der Waals surface area contributed by atoms with Gasteiger partial charge >= 0.3 is 0 Å². The third-order valence-corrected chi connectivity index (χ3v) is 3.60. The van der Waals surface area contributed by atoms with Crippen LogP contribution in [0.4, 0.5) is 0 Å². The second-order valence-corrected chi connectivity index (χ2v) is 5.62. The molecule has 2 rings (SSSR count). The SMILES string of the molecule is CC(CNCc1cnn(C)c1)CN1CCCCC1. The van der Waals surface area contributed by atoms with Gasteiger partial charge in [0.1, 0.15) is 0 Å². The fourth-order valence-corrected chi connectivity index (χ4v) is 2.67. The number of nitrogens with zero attached hydrogens (tertiary/aromatic N) is 3. The zero-order valence-electron chi connectivity index (χ0n) is 11.7. The maximum absolute atomic E-state index is 4.18. The summed E-state index contributed by atoms with van der Waals surface area (Å²) in [6.45, 7) is 8.19. The Kier molecular flexibility index (Phi) is 5.20. The molecule has 0 aliphatic carbocycles. The van der Waals surface area contributed by atoms with Crippen molar-refractivity contribution in [1.82, 2.24) is 20.0 Å². The maximum Gasteiger partial charge on any atom is 0.0534 e. The Morgan fingerprint density at radius 2 is 2.11 bits per heavy atom. The van der Waals surface area contributed by atoms with E-state index in [4.69, 9.17) is 0 Å². The van der Waals surface area contributed by atoms with Crippen LogP contribution in [0.1, 0.15) is 31.7 Å². The van der Waals surface area contributed by atoms with Crippen molar-refractivity contribution in [3.05, 3.63) is 18.0 Å². The summed E-state index contributed by atoms with van der Waals surface area (Å²) >= 11 is 0. The van der Waals surface area contributed by atoms with Gasteiger partial charge in [-0.3, -0.25) is 4.68 Å². The van der Waals surface area contributed by atoms with Crippen molar-refractivity contribution in [3.63, 3.8) is 0 Å². The molecule has 18 heavy (non-hydrogen) atoms. The van der Waals surface area contributed by atoms with E-state index in [2.05, 4.69) is 28.4 Å². The summed E-state index contributed by atoms with van der Waals surface area (Å²) in [5.41, 5.74) is 1.27.